The van der Waals surface area contributed by atoms with Gasteiger partial charge in [-0.25, -0.2) is 4.98 Å². The summed E-state index contributed by atoms with van der Waals surface area (Å²) in [5.74, 6) is 0.504. The zero-order valence-electron chi connectivity index (χ0n) is 13.6. The standard InChI is InChI=1S/C17H25N3S/c1-6-13(3)16-15(11-18-4)21-17(19-16)20(5)14-9-7-8-12(2)10-14/h7-10,13,18H,6,11H2,1-5H3. The Morgan fingerprint density at radius 2 is 2.14 bits per heavy atom. The lowest BCUT2D eigenvalue weighted by molar-refractivity contribution is 0.693. The number of thiazole rings is 1. The van der Waals surface area contributed by atoms with Gasteiger partial charge in [-0.3, -0.25) is 0 Å². The molecule has 0 bridgehead atoms. The van der Waals surface area contributed by atoms with Crippen LogP contribution in [0.1, 0.15) is 42.3 Å². The fraction of sp³-hybridized carbons (Fsp3) is 0.471. The first kappa shape index (κ1) is 16.0. The molecule has 1 unspecified atom stereocenters. The Labute approximate surface area is 132 Å². The minimum atomic E-state index is 0.504. The van der Waals surface area contributed by atoms with Gasteiger partial charge in [-0.05, 0) is 44.0 Å². The molecule has 21 heavy (non-hydrogen) atoms. The lowest BCUT2D eigenvalue weighted by atomic mass is 10.0. The summed E-state index contributed by atoms with van der Waals surface area (Å²) in [4.78, 5) is 8.44. The van der Waals surface area contributed by atoms with Gasteiger partial charge in [-0.2, -0.15) is 0 Å². The summed E-state index contributed by atoms with van der Waals surface area (Å²) < 4.78 is 0. The number of aryl methyl sites for hydroxylation is 1. The van der Waals surface area contributed by atoms with Gasteiger partial charge in [0.05, 0.1) is 5.69 Å². The van der Waals surface area contributed by atoms with Gasteiger partial charge in [0.15, 0.2) is 5.13 Å². The van der Waals surface area contributed by atoms with E-state index in [-0.39, 0.29) is 0 Å². The van der Waals surface area contributed by atoms with Crippen molar-refractivity contribution in [2.45, 2.75) is 39.7 Å². The molecular weight excluding hydrogens is 278 g/mol. The maximum absolute atomic E-state index is 4.91. The third-order valence-corrected chi connectivity index (χ3v) is 4.96. The topological polar surface area (TPSA) is 28.2 Å². The molecule has 0 aliphatic heterocycles. The van der Waals surface area contributed by atoms with Gasteiger partial charge in [0.1, 0.15) is 0 Å². The minimum Gasteiger partial charge on any atom is -0.321 e. The Hall–Kier alpha value is -1.39. The summed E-state index contributed by atoms with van der Waals surface area (Å²) in [6.07, 6.45) is 1.12. The molecule has 1 aromatic heterocycles. The second kappa shape index (κ2) is 7.05. The Kier molecular flexibility index (Phi) is 5.37. The molecule has 114 valence electrons. The van der Waals surface area contributed by atoms with E-state index in [0.717, 1.165) is 18.1 Å². The van der Waals surface area contributed by atoms with Crippen LogP contribution in [0.2, 0.25) is 0 Å². The molecule has 3 nitrogen and oxygen atoms in total. The number of anilines is 2. The first-order chi connectivity index (χ1) is 10.1. The van der Waals surface area contributed by atoms with E-state index >= 15 is 0 Å². The molecule has 1 atom stereocenters. The molecule has 4 heteroatoms. The summed E-state index contributed by atoms with van der Waals surface area (Å²) >= 11 is 1.79. The molecule has 0 spiro atoms. The lowest BCUT2D eigenvalue weighted by Crippen LogP contribution is -2.09. The van der Waals surface area contributed by atoms with Gasteiger partial charge in [-0.15, -0.1) is 0 Å². The molecule has 0 radical (unpaired) electrons. The maximum atomic E-state index is 4.91. The summed E-state index contributed by atoms with van der Waals surface area (Å²) in [7, 11) is 4.08. The van der Waals surface area contributed by atoms with Crippen LogP contribution in [-0.2, 0) is 6.54 Å². The predicted molar refractivity (Wildman–Crippen MR) is 92.8 cm³/mol. The zero-order valence-corrected chi connectivity index (χ0v) is 14.4. The third kappa shape index (κ3) is 3.63. The third-order valence-electron chi connectivity index (χ3n) is 3.81. The van der Waals surface area contributed by atoms with E-state index in [2.05, 4.69) is 62.3 Å². The van der Waals surface area contributed by atoms with Crippen molar-refractivity contribution in [1.29, 1.82) is 0 Å². The van der Waals surface area contributed by atoms with Gasteiger partial charge >= 0.3 is 0 Å². The Balaban J connectivity index is 2.35. The van der Waals surface area contributed by atoms with E-state index in [1.165, 1.54) is 21.8 Å². The molecule has 1 aromatic carbocycles. The van der Waals surface area contributed by atoms with Crippen molar-refractivity contribution in [3.63, 3.8) is 0 Å². The van der Waals surface area contributed by atoms with Crippen molar-refractivity contribution in [2.75, 3.05) is 19.0 Å². The number of benzene rings is 1. The highest BCUT2D eigenvalue weighted by Gasteiger charge is 2.18. The first-order valence-electron chi connectivity index (χ1n) is 7.51. The van der Waals surface area contributed by atoms with Crippen molar-refractivity contribution in [3.8, 4) is 0 Å². The number of nitrogens with one attached hydrogen (secondary N) is 1. The molecule has 0 aliphatic rings. The number of rotatable bonds is 6. The summed E-state index contributed by atoms with van der Waals surface area (Å²) in [5.41, 5.74) is 3.70. The van der Waals surface area contributed by atoms with Gasteiger partial charge in [0, 0.05) is 24.2 Å². The molecule has 0 amide bonds. The first-order valence-corrected chi connectivity index (χ1v) is 8.33. The fourth-order valence-corrected chi connectivity index (χ4v) is 3.48. The highest BCUT2D eigenvalue weighted by Crippen LogP contribution is 2.34. The molecule has 1 N–H and O–H groups in total. The summed E-state index contributed by atoms with van der Waals surface area (Å²) in [5, 5.41) is 4.33. The van der Waals surface area contributed by atoms with Gasteiger partial charge in [0.25, 0.3) is 0 Å². The maximum Gasteiger partial charge on any atom is 0.190 e. The fourth-order valence-electron chi connectivity index (χ4n) is 2.31. The average molecular weight is 303 g/mol. The van der Waals surface area contributed by atoms with Crippen LogP contribution < -0.4 is 10.2 Å². The molecule has 0 saturated carbocycles. The van der Waals surface area contributed by atoms with Crippen LogP contribution in [0, 0.1) is 6.92 Å². The van der Waals surface area contributed by atoms with Crippen molar-refractivity contribution < 1.29 is 0 Å². The molecule has 2 aromatic rings. The Morgan fingerprint density at radius 3 is 2.76 bits per heavy atom. The van der Waals surface area contributed by atoms with Crippen molar-refractivity contribution in [2.24, 2.45) is 0 Å². The Bertz CT molecular complexity index is 591. The SMILES string of the molecule is CCC(C)c1nc(N(C)c2cccc(C)c2)sc1CNC. The van der Waals surface area contributed by atoms with E-state index in [9.17, 15) is 0 Å². The quantitative estimate of drug-likeness (QED) is 0.854. The molecule has 0 saturated heterocycles. The number of aromatic nitrogens is 1. The van der Waals surface area contributed by atoms with Gasteiger partial charge < -0.3 is 10.2 Å². The van der Waals surface area contributed by atoms with Crippen LogP contribution >= 0.6 is 11.3 Å². The van der Waals surface area contributed by atoms with Crippen LogP contribution in [0.4, 0.5) is 10.8 Å². The number of nitrogens with zero attached hydrogens (tertiary/aromatic N) is 2. The van der Waals surface area contributed by atoms with E-state index in [1.807, 2.05) is 7.05 Å². The van der Waals surface area contributed by atoms with Crippen molar-refractivity contribution in [1.82, 2.24) is 10.3 Å². The molecular formula is C17H25N3S. The normalized spacial score (nSPS) is 12.4. The summed E-state index contributed by atoms with van der Waals surface area (Å²) in [6.45, 7) is 7.48. The predicted octanol–water partition coefficient (Wildman–Crippen LogP) is 4.45. The monoisotopic (exact) mass is 303 g/mol. The average Bonchev–Trinajstić information content (AvgIpc) is 2.90. The lowest BCUT2D eigenvalue weighted by Gasteiger charge is -2.16. The van der Waals surface area contributed by atoms with E-state index in [0.29, 0.717) is 5.92 Å². The summed E-state index contributed by atoms with van der Waals surface area (Å²) in [6, 6.07) is 8.55. The zero-order chi connectivity index (χ0) is 15.4. The largest absolute Gasteiger partial charge is 0.321 e. The van der Waals surface area contributed by atoms with E-state index < -0.39 is 0 Å². The van der Waals surface area contributed by atoms with Gasteiger partial charge in [-0.1, -0.05) is 37.3 Å². The van der Waals surface area contributed by atoms with Crippen LogP contribution in [0.5, 0.6) is 0 Å². The van der Waals surface area contributed by atoms with Gasteiger partial charge in [0.2, 0.25) is 0 Å². The Morgan fingerprint density at radius 1 is 1.38 bits per heavy atom. The van der Waals surface area contributed by atoms with E-state index in [1.54, 1.807) is 11.3 Å². The van der Waals surface area contributed by atoms with E-state index in [4.69, 9.17) is 4.98 Å². The van der Waals surface area contributed by atoms with Crippen LogP contribution in [0.3, 0.4) is 0 Å². The highest BCUT2D eigenvalue weighted by atomic mass is 32.1. The molecule has 2 rings (SSSR count). The highest BCUT2D eigenvalue weighted by molar-refractivity contribution is 7.15. The molecule has 0 aliphatic carbocycles. The second-order valence-electron chi connectivity index (χ2n) is 5.54. The van der Waals surface area contributed by atoms with Crippen molar-refractivity contribution in [3.05, 3.63) is 40.4 Å². The molecule has 1 heterocycles. The van der Waals surface area contributed by atoms with Crippen LogP contribution in [0.25, 0.3) is 0 Å². The van der Waals surface area contributed by atoms with Crippen molar-refractivity contribution >= 4 is 22.2 Å². The minimum absolute atomic E-state index is 0.504. The number of hydrogen-bond donors (Lipinski definition) is 1. The van der Waals surface area contributed by atoms with Crippen LogP contribution in [-0.4, -0.2) is 19.1 Å². The molecule has 0 fully saturated rings. The smallest absolute Gasteiger partial charge is 0.190 e. The second-order valence-corrected chi connectivity index (χ2v) is 6.60. The van der Waals surface area contributed by atoms with Crippen LogP contribution in [0.15, 0.2) is 24.3 Å². The number of hydrogen-bond acceptors (Lipinski definition) is 4.